The number of nitrogens with zero attached hydrogens (tertiary/aromatic N) is 1. The van der Waals surface area contributed by atoms with Crippen LogP contribution in [0.15, 0.2) is 35.4 Å². The fraction of sp³-hybridized carbons (Fsp3) is 0.357. The molecule has 20 heavy (non-hydrogen) atoms. The van der Waals surface area contributed by atoms with Crippen LogP contribution in [0.5, 0.6) is 0 Å². The smallest absolute Gasteiger partial charge is 0.241 e. The average molecular weight is 364 g/mol. The molecule has 0 atom stereocenters. The van der Waals surface area contributed by atoms with Gasteiger partial charge in [0.05, 0.1) is 16.1 Å². The summed E-state index contributed by atoms with van der Waals surface area (Å²) in [7, 11) is 0. The van der Waals surface area contributed by atoms with Gasteiger partial charge in [0, 0.05) is 10.7 Å². The van der Waals surface area contributed by atoms with Crippen molar-refractivity contribution in [2.45, 2.75) is 24.0 Å². The van der Waals surface area contributed by atoms with Crippen LogP contribution in [-0.2, 0) is 6.18 Å². The minimum atomic E-state index is -4.32. The summed E-state index contributed by atoms with van der Waals surface area (Å²) in [6.45, 7) is 0. The Bertz CT molecular complexity index is 586. The zero-order chi connectivity index (χ0) is 14.6. The van der Waals surface area contributed by atoms with E-state index in [2.05, 4.69) is 20.9 Å². The summed E-state index contributed by atoms with van der Waals surface area (Å²) in [5, 5.41) is 2.46. The number of hydrogen-bond donors (Lipinski definition) is 0. The molecule has 2 rings (SSSR count). The van der Waals surface area contributed by atoms with E-state index >= 15 is 0 Å². The highest BCUT2D eigenvalue weighted by Gasteiger charge is 2.30. The SMILES string of the molecule is FC(F)(F)c1ccc2ccc(SCCCCBr)nc2c1. The van der Waals surface area contributed by atoms with Crippen molar-refractivity contribution in [3.8, 4) is 0 Å². The fourth-order valence-corrected chi connectivity index (χ4v) is 3.01. The summed E-state index contributed by atoms with van der Waals surface area (Å²) >= 11 is 4.94. The van der Waals surface area contributed by atoms with Crippen molar-refractivity contribution < 1.29 is 13.2 Å². The highest BCUT2D eigenvalue weighted by molar-refractivity contribution is 9.09. The molecule has 0 N–H and O–H groups in total. The Morgan fingerprint density at radius 3 is 2.55 bits per heavy atom. The van der Waals surface area contributed by atoms with Gasteiger partial charge in [0.2, 0.25) is 0 Å². The van der Waals surface area contributed by atoms with Crippen molar-refractivity contribution in [2.24, 2.45) is 0 Å². The molecule has 1 aromatic carbocycles. The summed E-state index contributed by atoms with van der Waals surface area (Å²) < 4.78 is 38.0. The number of fused-ring (bicyclic) bond motifs is 1. The van der Waals surface area contributed by atoms with E-state index in [1.807, 2.05) is 12.1 Å². The largest absolute Gasteiger partial charge is 0.416 e. The van der Waals surface area contributed by atoms with E-state index < -0.39 is 11.7 Å². The maximum atomic E-state index is 12.7. The Kier molecular flexibility index (Phi) is 5.32. The Hall–Kier alpha value is -0.750. The van der Waals surface area contributed by atoms with Crippen molar-refractivity contribution in [1.82, 2.24) is 4.98 Å². The van der Waals surface area contributed by atoms with Gasteiger partial charge in [-0.2, -0.15) is 13.2 Å². The maximum absolute atomic E-state index is 12.7. The molecule has 0 aliphatic carbocycles. The lowest BCUT2D eigenvalue weighted by atomic mass is 10.1. The van der Waals surface area contributed by atoms with E-state index in [9.17, 15) is 13.2 Å². The third-order valence-electron chi connectivity index (χ3n) is 2.77. The van der Waals surface area contributed by atoms with Crippen molar-refractivity contribution in [2.75, 3.05) is 11.1 Å². The fourth-order valence-electron chi connectivity index (χ4n) is 1.73. The van der Waals surface area contributed by atoms with Crippen molar-refractivity contribution in [1.29, 1.82) is 0 Å². The Morgan fingerprint density at radius 1 is 1.10 bits per heavy atom. The van der Waals surface area contributed by atoms with E-state index in [1.54, 1.807) is 11.8 Å². The van der Waals surface area contributed by atoms with Crippen LogP contribution in [0.3, 0.4) is 0 Å². The quantitative estimate of drug-likeness (QED) is 0.394. The molecule has 108 valence electrons. The van der Waals surface area contributed by atoms with E-state index in [-0.39, 0.29) is 0 Å². The summed E-state index contributed by atoms with van der Waals surface area (Å²) in [5.41, 5.74) is -0.260. The zero-order valence-electron chi connectivity index (χ0n) is 10.6. The van der Waals surface area contributed by atoms with Gasteiger partial charge in [-0.3, -0.25) is 0 Å². The zero-order valence-corrected chi connectivity index (χ0v) is 13.0. The number of benzene rings is 1. The van der Waals surface area contributed by atoms with Crippen LogP contribution < -0.4 is 0 Å². The summed E-state index contributed by atoms with van der Waals surface area (Å²) in [6, 6.07) is 7.33. The highest BCUT2D eigenvalue weighted by Crippen LogP contribution is 2.31. The summed E-state index contributed by atoms with van der Waals surface area (Å²) in [5.74, 6) is 0.920. The van der Waals surface area contributed by atoms with Crippen molar-refractivity contribution >= 4 is 38.6 Å². The second kappa shape index (κ2) is 6.80. The predicted molar refractivity (Wildman–Crippen MR) is 80.5 cm³/mol. The average Bonchev–Trinajstić information content (AvgIpc) is 2.42. The molecule has 0 saturated heterocycles. The topological polar surface area (TPSA) is 12.9 Å². The lowest BCUT2D eigenvalue weighted by molar-refractivity contribution is -0.137. The highest BCUT2D eigenvalue weighted by atomic mass is 79.9. The van der Waals surface area contributed by atoms with Crippen LogP contribution in [0.4, 0.5) is 13.2 Å². The number of hydrogen-bond acceptors (Lipinski definition) is 2. The molecule has 0 saturated carbocycles. The first-order valence-electron chi connectivity index (χ1n) is 6.17. The van der Waals surface area contributed by atoms with Gasteiger partial charge in [-0.1, -0.05) is 28.1 Å². The van der Waals surface area contributed by atoms with Crippen LogP contribution in [0, 0.1) is 0 Å². The second-order valence-corrected chi connectivity index (χ2v) is 6.21. The van der Waals surface area contributed by atoms with Gasteiger partial charge in [-0.05, 0) is 36.8 Å². The number of rotatable bonds is 5. The van der Waals surface area contributed by atoms with E-state index in [4.69, 9.17) is 0 Å². The minimum Gasteiger partial charge on any atom is -0.241 e. The van der Waals surface area contributed by atoms with E-state index in [0.717, 1.165) is 46.5 Å². The van der Waals surface area contributed by atoms with Gasteiger partial charge in [-0.25, -0.2) is 4.98 Å². The normalized spacial score (nSPS) is 12.0. The molecule has 0 unspecified atom stereocenters. The van der Waals surface area contributed by atoms with Crippen LogP contribution in [0.2, 0.25) is 0 Å². The molecule has 0 radical (unpaired) electrons. The maximum Gasteiger partial charge on any atom is 0.416 e. The lowest BCUT2D eigenvalue weighted by Gasteiger charge is -2.08. The van der Waals surface area contributed by atoms with Gasteiger partial charge in [0.15, 0.2) is 0 Å². The number of halogens is 4. The molecule has 2 aromatic rings. The first-order chi connectivity index (χ1) is 9.50. The molecular weight excluding hydrogens is 351 g/mol. The number of alkyl halides is 4. The van der Waals surface area contributed by atoms with Gasteiger partial charge in [0.1, 0.15) is 0 Å². The molecule has 6 heteroatoms. The predicted octanol–water partition coefficient (Wildman–Crippen LogP) is 5.52. The van der Waals surface area contributed by atoms with Gasteiger partial charge in [-0.15, -0.1) is 11.8 Å². The summed E-state index contributed by atoms with van der Waals surface area (Å²) in [6.07, 6.45) is -2.19. The Morgan fingerprint density at radius 2 is 1.85 bits per heavy atom. The number of pyridine rings is 1. The summed E-state index contributed by atoms with van der Waals surface area (Å²) in [4.78, 5) is 4.30. The van der Waals surface area contributed by atoms with Crippen molar-refractivity contribution in [3.05, 3.63) is 35.9 Å². The van der Waals surface area contributed by atoms with E-state index in [0.29, 0.717) is 5.52 Å². The first kappa shape index (κ1) is 15.6. The second-order valence-electron chi connectivity index (χ2n) is 4.30. The number of thioether (sulfide) groups is 1. The number of unbranched alkanes of at least 4 members (excludes halogenated alkanes) is 1. The minimum absolute atomic E-state index is 0.394. The first-order valence-corrected chi connectivity index (χ1v) is 8.28. The van der Waals surface area contributed by atoms with Gasteiger partial charge in [0.25, 0.3) is 0 Å². The standard InChI is InChI=1S/C14H13BrF3NS/c15-7-1-2-8-20-13-6-4-10-3-5-11(14(16,17)18)9-12(10)19-13/h3-6,9H,1-2,7-8H2. The molecule has 1 aromatic heterocycles. The van der Waals surface area contributed by atoms with Gasteiger partial charge >= 0.3 is 6.18 Å². The van der Waals surface area contributed by atoms with Gasteiger partial charge < -0.3 is 0 Å². The Labute approximate surface area is 128 Å². The Balaban J connectivity index is 2.18. The van der Waals surface area contributed by atoms with E-state index in [1.165, 1.54) is 6.07 Å². The third-order valence-corrected chi connectivity index (χ3v) is 4.35. The van der Waals surface area contributed by atoms with Crippen LogP contribution >= 0.6 is 27.7 Å². The molecule has 0 spiro atoms. The number of aromatic nitrogens is 1. The molecule has 0 bridgehead atoms. The molecule has 0 fully saturated rings. The lowest BCUT2D eigenvalue weighted by Crippen LogP contribution is -2.04. The molecular formula is C14H13BrF3NS. The van der Waals surface area contributed by atoms with Crippen LogP contribution in [0.1, 0.15) is 18.4 Å². The monoisotopic (exact) mass is 363 g/mol. The van der Waals surface area contributed by atoms with Crippen LogP contribution in [0.25, 0.3) is 10.9 Å². The molecule has 0 aliphatic rings. The molecule has 1 heterocycles. The molecule has 1 nitrogen and oxygen atoms in total. The third kappa shape index (κ3) is 4.12. The van der Waals surface area contributed by atoms with Crippen molar-refractivity contribution in [3.63, 3.8) is 0 Å². The molecule has 0 amide bonds. The van der Waals surface area contributed by atoms with Crippen LogP contribution in [-0.4, -0.2) is 16.1 Å². The molecule has 0 aliphatic heterocycles.